The summed E-state index contributed by atoms with van der Waals surface area (Å²) < 4.78 is 5.15. The van der Waals surface area contributed by atoms with Crippen LogP contribution in [-0.2, 0) is 4.79 Å². The molecule has 2 aromatic heterocycles. The molecule has 1 aliphatic rings. The molecule has 0 radical (unpaired) electrons. The number of aliphatic hydroxyl groups is 1. The first-order chi connectivity index (χ1) is 13.5. The fourth-order valence-electron chi connectivity index (χ4n) is 3.03. The molecule has 4 rings (SSSR count). The van der Waals surface area contributed by atoms with E-state index in [1.165, 1.54) is 41.0 Å². The molecule has 2 N–H and O–H groups in total. The summed E-state index contributed by atoms with van der Waals surface area (Å²) in [6, 6.07) is 6.88. The molecule has 10 heteroatoms. The van der Waals surface area contributed by atoms with Gasteiger partial charge < -0.3 is 14.9 Å². The molecule has 0 saturated heterocycles. The van der Waals surface area contributed by atoms with Crippen LogP contribution < -0.4 is 9.64 Å². The molecule has 0 saturated carbocycles. The van der Waals surface area contributed by atoms with E-state index in [0.717, 1.165) is 11.3 Å². The summed E-state index contributed by atoms with van der Waals surface area (Å²) in [5.41, 5.74) is 1.87. The Morgan fingerprint density at radius 3 is 2.71 bits per heavy atom. The Morgan fingerprint density at radius 1 is 1.25 bits per heavy atom. The van der Waals surface area contributed by atoms with Crippen molar-refractivity contribution in [2.24, 2.45) is 0 Å². The molecule has 3 aromatic rings. The van der Waals surface area contributed by atoms with Crippen LogP contribution in [0, 0.1) is 0 Å². The van der Waals surface area contributed by atoms with Crippen molar-refractivity contribution in [2.45, 2.75) is 6.04 Å². The van der Waals surface area contributed by atoms with Crippen LogP contribution in [0.5, 0.6) is 11.5 Å². The van der Waals surface area contributed by atoms with E-state index in [4.69, 9.17) is 4.74 Å². The zero-order chi connectivity index (χ0) is 19.8. The highest BCUT2D eigenvalue weighted by molar-refractivity contribution is 7.13. The van der Waals surface area contributed by atoms with Gasteiger partial charge in [-0.05, 0) is 29.1 Å². The van der Waals surface area contributed by atoms with Gasteiger partial charge in [0, 0.05) is 0 Å². The highest BCUT2D eigenvalue weighted by atomic mass is 32.1. The van der Waals surface area contributed by atoms with Gasteiger partial charge in [-0.2, -0.15) is 0 Å². The molecule has 0 fully saturated rings. The Bertz CT molecular complexity index is 1080. The Labute approximate surface area is 167 Å². The summed E-state index contributed by atoms with van der Waals surface area (Å²) >= 11 is 2.32. The number of aromatic nitrogens is 2. The number of aliphatic hydroxyl groups excluding tert-OH is 1. The summed E-state index contributed by atoms with van der Waals surface area (Å²) in [5, 5.41) is 30.1. The number of rotatable bonds is 5. The minimum absolute atomic E-state index is 0.0598. The molecule has 1 aromatic carbocycles. The lowest BCUT2D eigenvalue weighted by molar-refractivity contribution is -0.117. The third kappa shape index (κ3) is 2.83. The van der Waals surface area contributed by atoms with Crippen molar-refractivity contribution in [1.82, 2.24) is 10.2 Å². The number of thiophene rings is 1. The highest BCUT2D eigenvalue weighted by Crippen LogP contribution is 2.44. The topological polar surface area (TPSA) is 113 Å². The lowest BCUT2D eigenvalue weighted by atomic mass is 9.95. The molecular weight excluding hydrogens is 402 g/mol. The van der Waals surface area contributed by atoms with Gasteiger partial charge in [-0.3, -0.25) is 14.5 Å². The number of carbonyl (C=O) groups excluding carboxylic acids is 2. The van der Waals surface area contributed by atoms with Crippen molar-refractivity contribution in [3.8, 4) is 11.5 Å². The van der Waals surface area contributed by atoms with Crippen LogP contribution in [-0.4, -0.2) is 39.2 Å². The second kappa shape index (κ2) is 7.06. The van der Waals surface area contributed by atoms with E-state index in [-0.39, 0.29) is 22.2 Å². The van der Waals surface area contributed by atoms with E-state index in [1.54, 1.807) is 23.6 Å². The van der Waals surface area contributed by atoms with Crippen LogP contribution in [0.4, 0.5) is 5.13 Å². The molecule has 1 amide bonds. The van der Waals surface area contributed by atoms with Crippen molar-refractivity contribution in [2.75, 3.05) is 12.0 Å². The third-order valence-electron chi connectivity index (χ3n) is 4.27. The fourth-order valence-corrected chi connectivity index (χ4v) is 4.29. The maximum atomic E-state index is 13.1. The first-order valence-corrected chi connectivity index (χ1v) is 9.76. The van der Waals surface area contributed by atoms with E-state index in [1.807, 2.05) is 0 Å². The highest BCUT2D eigenvalue weighted by Gasteiger charge is 2.46. The number of Topliss-reactive ketones (excluding diaryl/α,β-unsaturated/α-hetero) is 1. The van der Waals surface area contributed by atoms with Gasteiger partial charge in [-0.25, -0.2) is 0 Å². The standard InChI is InChI=1S/C18H13N3O5S2/c1-26-11-7-9(4-5-10(11)22)14-13(15(23)12-3-2-6-27-12)16(24)17(25)21(14)18-20-19-8-28-18/h2-8,14,22,24H,1H3/t14-/m0/s1. The number of amides is 1. The number of anilines is 1. The van der Waals surface area contributed by atoms with E-state index >= 15 is 0 Å². The number of hydrogen-bond acceptors (Lipinski definition) is 9. The summed E-state index contributed by atoms with van der Waals surface area (Å²) in [4.78, 5) is 27.5. The molecule has 1 aliphatic heterocycles. The Morgan fingerprint density at radius 2 is 2.07 bits per heavy atom. The number of phenolic OH excluding ortho intramolecular Hbond substituents is 1. The van der Waals surface area contributed by atoms with Crippen molar-refractivity contribution >= 4 is 39.5 Å². The molecule has 0 aliphatic carbocycles. The van der Waals surface area contributed by atoms with Crippen LogP contribution in [0.1, 0.15) is 21.3 Å². The molecular formula is C18H13N3O5S2. The largest absolute Gasteiger partial charge is 0.504 e. The minimum atomic E-state index is -0.940. The van der Waals surface area contributed by atoms with Gasteiger partial charge in [0.2, 0.25) is 10.9 Å². The van der Waals surface area contributed by atoms with Crippen LogP contribution in [0.3, 0.4) is 0 Å². The van der Waals surface area contributed by atoms with Gasteiger partial charge in [0.1, 0.15) is 5.51 Å². The SMILES string of the molecule is COc1cc([C@H]2C(C(=O)c3cccs3)=C(O)C(=O)N2c2nncs2)ccc1O. The lowest BCUT2D eigenvalue weighted by Gasteiger charge is -2.24. The first-order valence-electron chi connectivity index (χ1n) is 8.01. The summed E-state index contributed by atoms with van der Waals surface area (Å²) in [7, 11) is 1.40. The van der Waals surface area contributed by atoms with Crippen LogP contribution in [0.25, 0.3) is 0 Å². The van der Waals surface area contributed by atoms with Gasteiger partial charge in [0.05, 0.1) is 23.6 Å². The van der Waals surface area contributed by atoms with Gasteiger partial charge in [-0.1, -0.05) is 23.5 Å². The molecule has 8 nitrogen and oxygen atoms in total. The molecule has 28 heavy (non-hydrogen) atoms. The number of ketones is 1. The zero-order valence-corrected chi connectivity index (χ0v) is 16.0. The number of nitrogens with zero attached hydrogens (tertiary/aromatic N) is 3. The van der Waals surface area contributed by atoms with Crippen LogP contribution >= 0.6 is 22.7 Å². The number of carbonyl (C=O) groups is 2. The molecule has 0 bridgehead atoms. The summed E-state index contributed by atoms with van der Waals surface area (Å²) in [6.07, 6.45) is 0. The van der Waals surface area contributed by atoms with Gasteiger partial charge in [-0.15, -0.1) is 21.5 Å². The molecule has 142 valence electrons. The molecule has 3 heterocycles. The van der Waals surface area contributed by atoms with Crippen molar-refractivity contribution in [3.05, 3.63) is 63.0 Å². The second-order valence-electron chi connectivity index (χ2n) is 5.80. The smallest absolute Gasteiger partial charge is 0.296 e. The van der Waals surface area contributed by atoms with E-state index in [2.05, 4.69) is 10.2 Å². The fraction of sp³-hybridized carbons (Fsp3) is 0.111. The maximum Gasteiger partial charge on any atom is 0.296 e. The first kappa shape index (κ1) is 18.1. The number of methoxy groups -OCH3 is 1. The summed E-state index contributed by atoms with van der Waals surface area (Å²) in [6.45, 7) is 0. The molecule has 0 spiro atoms. The predicted octanol–water partition coefficient (Wildman–Crippen LogP) is 3.10. The molecule has 0 unspecified atom stereocenters. The Kier molecular flexibility index (Phi) is 4.57. The van der Waals surface area contributed by atoms with Gasteiger partial charge >= 0.3 is 0 Å². The van der Waals surface area contributed by atoms with E-state index in [9.17, 15) is 19.8 Å². The van der Waals surface area contributed by atoms with Gasteiger partial charge in [0.15, 0.2) is 17.3 Å². The minimum Gasteiger partial charge on any atom is -0.504 e. The average Bonchev–Trinajstić information content (AvgIpc) is 3.44. The third-order valence-corrected chi connectivity index (χ3v) is 5.83. The predicted molar refractivity (Wildman–Crippen MR) is 103 cm³/mol. The van der Waals surface area contributed by atoms with E-state index < -0.39 is 23.5 Å². The number of hydrogen-bond donors (Lipinski definition) is 2. The van der Waals surface area contributed by atoms with Crippen molar-refractivity contribution in [1.29, 1.82) is 0 Å². The monoisotopic (exact) mass is 415 g/mol. The Hall–Kier alpha value is -3.24. The van der Waals surface area contributed by atoms with Crippen molar-refractivity contribution in [3.63, 3.8) is 0 Å². The quantitative estimate of drug-likeness (QED) is 0.616. The number of benzene rings is 1. The lowest BCUT2D eigenvalue weighted by Crippen LogP contribution is -2.31. The summed E-state index contributed by atoms with van der Waals surface area (Å²) in [5.74, 6) is -1.74. The number of phenols is 1. The van der Waals surface area contributed by atoms with E-state index in [0.29, 0.717) is 10.4 Å². The van der Waals surface area contributed by atoms with Gasteiger partial charge in [0.25, 0.3) is 5.91 Å². The van der Waals surface area contributed by atoms with Crippen molar-refractivity contribution < 1.29 is 24.5 Å². The average molecular weight is 415 g/mol. The van der Waals surface area contributed by atoms with Crippen LogP contribution in [0.2, 0.25) is 0 Å². The second-order valence-corrected chi connectivity index (χ2v) is 7.56. The zero-order valence-electron chi connectivity index (χ0n) is 14.4. The van der Waals surface area contributed by atoms with Crippen LogP contribution in [0.15, 0.2) is 52.6 Å². The normalized spacial score (nSPS) is 16.7. The maximum absolute atomic E-state index is 13.1. The number of aromatic hydroxyl groups is 1. The number of ether oxygens (including phenoxy) is 1. The Balaban J connectivity index is 1.90. The molecule has 1 atom stereocenters.